The highest BCUT2D eigenvalue weighted by Crippen LogP contribution is 2.28. The van der Waals surface area contributed by atoms with Gasteiger partial charge >= 0.3 is 0 Å². The quantitative estimate of drug-likeness (QED) is 0.629. The predicted molar refractivity (Wildman–Crippen MR) is 99.2 cm³/mol. The summed E-state index contributed by atoms with van der Waals surface area (Å²) >= 11 is 1.61. The van der Waals surface area contributed by atoms with Gasteiger partial charge in [0.2, 0.25) is 5.13 Å². The fraction of sp³-hybridized carbons (Fsp3) is 0.263. The van der Waals surface area contributed by atoms with E-state index in [1.54, 1.807) is 11.3 Å². The highest BCUT2D eigenvalue weighted by Gasteiger charge is 2.08. The molecule has 1 aliphatic carbocycles. The van der Waals surface area contributed by atoms with E-state index in [1.807, 2.05) is 0 Å². The lowest BCUT2D eigenvalue weighted by Crippen LogP contribution is -2.07. The molecule has 0 spiro atoms. The Balaban J connectivity index is 1.54. The van der Waals surface area contributed by atoms with E-state index >= 15 is 0 Å². The summed E-state index contributed by atoms with van der Waals surface area (Å²) in [6, 6.07) is 14.9. The van der Waals surface area contributed by atoms with Gasteiger partial charge in [-0.05, 0) is 42.5 Å². The van der Waals surface area contributed by atoms with E-state index in [4.69, 9.17) is 0 Å². The SMILES string of the molecule is c1ccc2cc(-c3csc(NN=C4CCCCC4)n3)ccc2c1. The standard InChI is InChI=1S/C19H19N3S/c1-2-8-17(9-3-1)21-22-19-20-18(13-23-19)16-11-10-14-6-4-5-7-15(14)12-16/h4-7,10-13H,1-3,8-9H2,(H,20,22). The summed E-state index contributed by atoms with van der Waals surface area (Å²) in [4.78, 5) is 4.67. The Labute approximate surface area is 140 Å². The highest BCUT2D eigenvalue weighted by atomic mass is 32.1. The van der Waals surface area contributed by atoms with Crippen LogP contribution < -0.4 is 5.43 Å². The van der Waals surface area contributed by atoms with Gasteiger partial charge in [-0.2, -0.15) is 5.10 Å². The molecule has 1 N–H and O–H groups in total. The van der Waals surface area contributed by atoms with Crippen molar-refractivity contribution in [3.63, 3.8) is 0 Å². The first-order chi connectivity index (χ1) is 11.4. The van der Waals surface area contributed by atoms with Gasteiger partial charge in [0.25, 0.3) is 0 Å². The van der Waals surface area contributed by atoms with Crippen LogP contribution >= 0.6 is 11.3 Å². The van der Waals surface area contributed by atoms with Crippen molar-refractivity contribution in [1.29, 1.82) is 0 Å². The summed E-state index contributed by atoms with van der Waals surface area (Å²) in [5, 5.41) is 9.99. The number of benzene rings is 2. The van der Waals surface area contributed by atoms with E-state index in [0.29, 0.717) is 0 Å². The average molecular weight is 321 g/mol. The number of thiazole rings is 1. The van der Waals surface area contributed by atoms with Gasteiger partial charge in [-0.3, -0.25) is 5.43 Å². The fourth-order valence-electron chi connectivity index (χ4n) is 3.00. The van der Waals surface area contributed by atoms with Crippen LogP contribution in [0.4, 0.5) is 5.13 Å². The van der Waals surface area contributed by atoms with Gasteiger partial charge in [-0.25, -0.2) is 4.98 Å². The first-order valence-electron chi connectivity index (χ1n) is 8.15. The molecular weight excluding hydrogens is 302 g/mol. The van der Waals surface area contributed by atoms with Crippen molar-refractivity contribution in [2.45, 2.75) is 32.1 Å². The zero-order valence-corrected chi connectivity index (χ0v) is 13.8. The van der Waals surface area contributed by atoms with Crippen LogP contribution in [0.15, 0.2) is 52.9 Å². The Morgan fingerprint density at radius 2 is 1.78 bits per heavy atom. The van der Waals surface area contributed by atoms with E-state index in [2.05, 4.69) is 63.4 Å². The number of fused-ring (bicyclic) bond motifs is 1. The molecule has 116 valence electrons. The fourth-order valence-corrected chi connectivity index (χ4v) is 3.67. The molecule has 3 nitrogen and oxygen atoms in total. The molecule has 0 amide bonds. The van der Waals surface area contributed by atoms with Gasteiger partial charge in [0, 0.05) is 16.7 Å². The van der Waals surface area contributed by atoms with Crippen LogP contribution in [-0.4, -0.2) is 10.7 Å². The average Bonchev–Trinajstić information content (AvgIpc) is 3.09. The monoisotopic (exact) mass is 321 g/mol. The molecule has 3 aromatic rings. The number of rotatable bonds is 3. The van der Waals surface area contributed by atoms with Crippen molar-refractivity contribution >= 4 is 33.0 Å². The largest absolute Gasteiger partial charge is 0.253 e. The van der Waals surface area contributed by atoms with E-state index in [-0.39, 0.29) is 0 Å². The number of anilines is 1. The van der Waals surface area contributed by atoms with E-state index in [0.717, 1.165) is 29.2 Å². The van der Waals surface area contributed by atoms with Crippen LogP contribution in [0.3, 0.4) is 0 Å². The Bertz CT molecular complexity index is 842. The van der Waals surface area contributed by atoms with Crippen LogP contribution in [0.1, 0.15) is 32.1 Å². The minimum Gasteiger partial charge on any atom is -0.253 e. The van der Waals surface area contributed by atoms with Crippen molar-refractivity contribution in [2.24, 2.45) is 5.10 Å². The van der Waals surface area contributed by atoms with Crippen molar-refractivity contribution in [1.82, 2.24) is 4.98 Å². The Kier molecular flexibility index (Phi) is 4.07. The van der Waals surface area contributed by atoms with Crippen LogP contribution in [0.25, 0.3) is 22.0 Å². The molecule has 0 aliphatic heterocycles. The summed E-state index contributed by atoms with van der Waals surface area (Å²) in [5.74, 6) is 0. The second-order valence-electron chi connectivity index (χ2n) is 5.95. The predicted octanol–water partition coefficient (Wildman–Crippen LogP) is 5.70. The second-order valence-corrected chi connectivity index (χ2v) is 6.81. The molecule has 4 heteroatoms. The molecule has 4 rings (SSSR count). The van der Waals surface area contributed by atoms with Gasteiger partial charge in [0.15, 0.2) is 0 Å². The molecule has 1 fully saturated rings. The molecule has 1 saturated carbocycles. The second kappa shape index (κ2) is 6.50. The topological polar surface area (TPSA) is 37.3 Å². The molecule has 0 unspecified atom stereocenters. The smallest absolute Gasteiger partial charge is 0.203 e. The summed E-state index contributed by atoms with van der Waals surface area (Å²) in [5.41, 5.74) is 6.57. The maximum Gasteiger partial charge on any atom is 0.203 e. The minimum absolute atomic E-state index is 0.867. The normalized spacial score (nSPS) is 14.9. The summed E-state index contributed by atoms with van der Waals surface area (Å²) in [6.45, 7) is 0. The van der Waals surface area contributed by atoms with Gasteiger partial charge in [0.05, 0.1) is 5.69 Å². The van der Waals surface area contributed by atoms with Crippen molar-refractivity contribution in [3.05, 3.63) is 47.8 Å². The van der Waals surface area contributed by atoms with Crippen LogP contribution in [0.5, 0.6) is 0 Å². The molecule has 2 aromatic carbocycles. The van der Waals surface area contributed by atoms with Gasteiger partial charge in [0.1, 0.15) is 0 Å². The maximum atomic E-state index is 4.67. The van der Waals surface area contributed by atoms with E-state index < -0.39 is 0 Å². The lowest BCUT2D eigenvalue weighted by molar-refractivity contribution is 0.665. The third-order valence-corrected chi connectivity index (χ3v) is 5.04. The van der Waals surface area contributed by atoms with Gasteiger partial charge < -0.3 is 0 Å². The number of hydrogen-bond acceptors (Lipinski definition) is 4. The van der Waals surface area contributed by atoms with Crippen molar-refractivity contribution in [2.75, 3.05) is 5.43 Å². The minimum atomic E-state index is 0.867. The first kappa shape index (κ1) is 14.4. The van der Waals surface area contributed by atoms with Gasteiger partial charge in [-0.15, -0.1) is 11.3 Å². The lowest BCUT2D eigenvalue weighted by atomic mass is 9.99. The number of nitrogens with zero attached hydrogens (tertiary/aromatic N) is 2. The molecule has 1 aliphatic rings. The Morgan fingerprint density at radius 3 is 2.65 bits per heavy atom. The zero-order valence-electron chi connectivity index (χ0n) is 13.0. The molecule has 0 radical (unpaired) electrons. The van der Waals surface area contributed by atoms with E-state index in [9.17, 15) is 0 Å². The summed E-state index contributed by atoms with van der Waals surface area (Å²) in [7, 11) is 0. The van der Waals surface area contributed by atoms with Crippen LogP contribution in [0.2, 0.25) is 0 Å². The Hall–Kier alpha value is -2.20. The third-order valence-electron chi connectivity index (χ3n) is 4.29. The molecule has 0 atom stereocenters. The molecule has 1 heterocycles. The molecule has 23 heavy (non-hydrogen) atoms. The van der Waals surface area contributed by atoms with E-state index in [1.165, 1.54) is 35.7 Å². The molecule has 0 saturated heterocycles. The molecule has 1 aromatic heterocycles. The third kappa shape index (κ3) is 3.27. The first-order valence-corrected chi connectivity index (χ1v) is 9.03. The molecular formula is C19H19N3S. The number of hydrazone groups is 1. The van der Waals surface area contributed by atoms with Crippen molar-refractivity contribution in [3.8, 4) is 11.3 Å². The number of nitrogens with one attached hydrogen (secondary N) is 1. The highest BCUT2D eigenvalue weighted by molar-refractivity contribution is 7.14. The molecule has 0 bridgehead atoms. The number of aromatic nitrogens is 1. The number of hydrogen-bond donors (Lipinski definition) is 1. The lowest BCUT2D eigenvalue weighted by Gasteiger charge is -2.11. The van der Waals surface area contributed by atoms with Crippen LogP contribution in [-0.2, 0) is 0 Å². The van der Waals surface area contributed by atoms with Crippen LogP contribution in [0, 0.1) is 0 Å². The summed E-state index contributed by atoms with van der Waals surface area (Å²) < 4.78 is 0. The maximum absolute atomic E-state index is 4.67. The van der Waals surface area contributed by atoms with Crippen molar-refractivity contribution < 1.29 is 0 Å². The van der Waals surface area contributed by atoms with Gasteiger partial charge in [-0.1, -0.05) is 42.8 Å². The Morgan fingerprint density at radius 1 is 0.957 bits per heavy atom. The summed E-state index contributed by atoms with van der Waals surface area (Å²) in [6.07, 6.45) is 6.11. The zero-order chi connectivity index (χ0) is 15.5.